The summed E-state index contributed by atoms with van der Waals surface area (Å²) in [6, 6.07) is 1.99. The lowest BCUT2D eigenvalue weighted by molar-refractivity contribution is -0.132. The average molecular weight is 440 g/mol. The van der Waals surface area contributed by atoms with Crippen LogP contribution < -0.4 is 5.63 Å². The number of benzene rings is 1. The summed E-state index contributed by atoms with van der Waals surface area (Å²) in [6.45, 7) is 9.67. The number of carbonyl (C=O) groups excluding carboxylic acids is 2. The van der Waals surface area contributed by atoms with E-state index in [4.69, 9.17) is 13.6 Å². The van der Waals surface area contributed by atoms with E-state index >= 15 is 0 Å². The van der Waals surface area contributed by atoms with Crippen LogP contribution in [0.1, 0.15) is 35.6 Å². The summed E-state index contributed by atoms with van der Waals surface area (Å²) in [5, 5.41) is 1.86. The molecule has 0 atom stereocenters. The fourth-order valence-electron chi connectivity index (χ4n) is 4.35. The summed E-state index contributed by atoms with van der Waals surface area (Å²) in [5.74, 6) is -0.0373. The molecule has 3 aromatic rings. The largest absolute Gasteiger partial charge is 0.464 e. The molecule has 0 radical (unpaired) electrons. The molecule has 0 bridgehead atoms. The second-order valence-corrected chi connectivity index (χ2v) is 8.23. The van der Waals surface area contributed by atoms with E-state index in [-0.39, 0.29) is 18.4 Å². The van der Waals surface area contributed by atoms with Crippen molar-refractivity contribution in [2.75, 3.05) is 32.8 Å². The van der Waals surface area contributed by atoms with Gasteiger partial charge >= 0.3 is 11.7 Å². The second-order valence-electron chi connectivity index (χ2n) is 8.23. The molecule has 2 amide bonds. The Morgan fingerprint density at radius 2 is 1.69 bits per heavy atom. The molecule has 1 saturated heterocycles. The van der Waals surface area contributed by atoms with Crippen LogP contribution in [-0.4, -0.2) is 54.6 Å². The summed E-state index contributed by atoms with van der Waals surface area (Å²) in [4.78, 5) is 40.6. The minimum atomic E-state index is -0.416. The molecule has 8 heteroatoms. The lowest BCUT2D eigenvalue weighted by Gasteiger charge is -2.34. The lowest BCUT2D eigenvalue weighted by Crippen LogP contribution is -2.50. The highest BCUT2D eigenvalue weighted by atomic mass is 16.6. The van der Waals surface area contributed by atoms with Gasteiger partial charge in [-0.3, -0.25) is 4.79 Å². The van der Waals surface area contributed by atoms with Crippen LogP contribution in [0.3, 0.4) is 0 Å². The summed E-state index contributed by atoms with van der Waals surface area (Å²) in [6.07, 6.45) is 1.87. The normalized spacial score (nSPS) is 14.4. The van der Waals surface area contributed by atoms with Gasteiger partial charge in [0.2, 0.25) is 5.91 Å². The van der Waals surface area contributed by atoms with E-state index in [2.05, 4.69) is 0 Å². The number of furan rings is 1. The predicted octanol–water partition coefficient (Wildman–Crippen LogP) is 3.70. The number of ether oxygens (including phenoxy) is 1. The Hall–Kier alpha value is -3.29. The predicted molar refractivity (Wildman–Crippen MR) is 120 cm³/mol. The average Bonchev–Trinajstić information content (AvgIpc) is 3.15. The number of nitrogens with zero attached hydrogens (tertiary/aromatic N) is 2. The Kier molecular flexibility index (Phi) is 5.95. The van der Waals surface area contributed by atoms with Crippen molar-refractivity contribution in [2.45, 2.75) is 40.5 Å². The third-order valence-electron chi connectivity index (χ3n) is 6.28. The van der Waals surface area contributed by atoms with Crippen molar-refractivity contribution < 1.29 is 23.2 Å². The molecule has 0 N–H and O–H groups in total. The lowest BCUT2D eigenvalue weighted by atomic mass is 9.98. The number of piperazine rings is 1. The van der Waals surface area contributed by atoms with E-state index in [1.807, 2.05) is 26.8 Å². The van der Waals surface area contributed by atoms with E-state index in [9.17, 15) is 14.4 Å². The molecule has 3 heterocycles. The number of hydrogen-bond acceptors (Lipinski definition) is 6. The smallest absolute Gasteiger partial charge is 0.409 e. The van der Waals surface area contributed by atoms with Crippen LogP contribution >= 0.6 is 0 Å². The first-order valence-electron chi connectivity index (χ1n) is 10.9. The van der Waals surface area contributed by atoms with Gasteiger partial charge in [0.25, 0.3) is 0 Å². The molecule has 1 aromatic carbocycles. The number of rotatable bonds is 4. The Bertz CT molecular complexity index is 1250. The van der Waals surface area contributed by atoms with E-state index in [0.717, 1.165) is 33.0 Å². The van der Waals surface area contributed by atoms with Crippen LogP contribution in [0.2, 0.25) is 0 Å². The molecule has 1 aliphatic rings. The highest BCUT2D eigenvalue weighted by Crippen LogP contribution is 2.32. The first-order valence-corrected chi connectivity index (χ1v) is 10.9. The van der Waals surface area contributed by atoms with E-state index in [1.165, 1.54) is 0 Å². The number of carbonyl (C=O) groups is 2. The maximum Gasteiger partial charge on any atom is 0.409 e. The van der Waals surface area contributed by atoms with Gasteiger partial charge in [-0.1, -0.05) is 0 Å². The van der Waals surface area contributed by atoms with Crippen LogP contribution in [-0.2, 0) is 16.0 Å². The third kappa shape index (κ3) is 3.85. The molecular formula is C24H28N2O6. The van der Waals surface area contributed by atoms with Crippen LogP contribution in [0, 0.1) is 20.8 Å². The quantitative estimate of drug-likeness (QED) is 0.575. The fraction of sp³-hybridized carbons (Fsp3) is 0.458. The maximum atomic E-state index is 12.7. The van der Waals surface area contributed by atoms with Crippen molar-refractivity contribution in [1.29, 1.82) is 0 Å². The molecule has 32 heavy (non-hydrogen) atoms. The zero-order valence-corrected chi connectivity index (χ0v) is 18.9. The topological polar surface area (TPSA) is 93.2 Å². The monoisotopic (exact) mass is 440 g/mol. The Morgan fingerprint density at radius 1 is 1.00 bits per heavy atom. The molecule has 0 aliphatic carbocycles. The van der Waals surface area contributed by atoms with Crippen molar-refractivity contribution in [3.63, 3.8) is 0 Å². The van der Waals surface area contributed by atoms with E-state index in [0.29, 0.717) is 50.4 Å². The summed E-state index contributed by atoms with van der Waals surface area (Å²) >= 11 is 0. The van der Waals surface area contributed by atoms with Crippen molar-refractivity contribution in [2.24, 2.45) is 0 Å². The van der Waals surface area contributed by atoms with Crippen LogP contribution in [0.25, 0.3) is 21.9 Å². The number of aryl methyl sites for hydroxylation is 3. The highest BCUT2D eigenvalue weighted by Gasteiger charge is 2.25. The summed E-state index contributed by atoms with van der Waals surface area (Å²) in [7, 11) is 0. The fourth-order valence-corrected chi connectivity index (χ4v) is 4.35. The number of amides is 2. The molecule has 1 fully saturated rings. The summed E-state index contributed by atoms with van der Waals surface area (Å²) < 4.78 is 16.3. The van der Waals surface area contributed by atoms with E-state index in [1.54, 1.807) is 23.0 Å². The van der Waals surface area contributed by atoms with E-state index < -0.39 is 5.63 Å². The number of hydrogen-bond donors (Lipinski definition) is 0. The third-order valence-corrected chi connectivity index (χ3v) is 6.28. The standard InChI is InChI=1S/C24H28N2O6/c1-5-30-24(29)26-10-8-25(9-11-26)20(27)7-6-17-15(3)19-12-18-14(2)13-31-21(18)16(4)22(19)32-23(17)28/h12-13H,5-11H2,1-4H3. The minimum Gasteiger partial charge on any atom is -0.464 e. The van der Waals surface area contributed by atoms with Gasteiger partial charge in [0, 0.05) is 54.5 Å². The van der Waals surface area contributed by atoms with Crippen molar-refractivity contribution in [3.8, 4) is 0 Å². The molecule has 0 saturated carbocycles. The molecule has 0 spiro atoms. The Morgan fingerprint density at radius 3 is 2.38 bits per heavy atom. The van der Waals surface area contributed by atoms with Crippen LogP contribution in [0.15, 0.2) is 26.0 Å². The first kappa shape index (κ1) is 21.9. The van der Waals surface area contributed by atoms with Gasteiger partial charge in [0.15, 0.2) is 0 Å². The highest BCUT2D eigenvalue weighted by molar-refractivity contribution is 5.99. The molecule has 8 nitrogen and oxygen atoms in total. The van der Waals surface area contributed by atoms with Crippen molar-refractivity contribution in [3.05, 3.63) is 45.0 Å². The second kappa shape index (κ2) is 8.68. The SMILES string of the molecule is CCOC(=O)N1CCN(C(=O)CCc2c(C)c3cc4c(C)coc4c(C)c3oc2=O)CC1. The van der Waals surface area contributed by atoms with Gasteiger partial charge in [0.1, 0.15) is 11.2 Å². The molecule has 0 unspecified atom stereocenters. The maximum absolute atomic E-state index is 12.7. The Labute approximate surface area is 185 Å². The summed E-state index contributed by atoms with van der Waals surface area (Å²) in [5.41, 5.74) is 4.02. The van der Waals surface area contributed by atoms with Crippen molar-refractivity contribution in [1.82, 2.24) is 9.80 Å². The molecular weight excluding hydrogens is 412 g/mol. The molecule has 2 aromatic heterocycles. The van der Waals surface area contributed by atoms with Gasteiger partial charge < -0.3 is 23.4 Å². The van der Waals surface area contributed by atoms with Crippen LogP contribution in [0.5, 0.6) is 0 Å². The van der Waals surface area contributed by atoms with Crippen LogP contribution in [0.4, 0.5) is 4.79 Å². The first-order chi connectivity index (χ1) is 15.3. The van der Waals surface area contributed by atoms with Gasteiger partial charge in [0.05, 0.1) is 12.9 Å². The molecule has 4 rings (SSSR count). The van der Waals surface area contributed by atoms with Gasteiger partial charge in [-0.25, -0.2) is 9.59 Å². The zero-order chi connectivity index (χ0) is 23.0. The van der Waals surface area contributed by atoms with Crippen molar-refractivity contribution >= 4 is 33.9 Å². The van der Waals surface area contributed by atoms with Gasteiger partial charge in [-0.05, 0) is 51.3 Å². The van der Waals surface area contributed by atoms with Gasteiger partial charge in [-0.2, -0.15) is 0 Å². The van der Waals surface area contributed by atoms with Gasteiger partial charge in [-0.15, -0.1) is 0 Å². The number of fused-ring (bicyclic) bond motifs is 2. The zero-order valence-electron chi connectivity index (χ0n) is 18.9. The minimum absolute atomic E-state index is 0.0373. The molecule has 1 aliphatic heterocycles. The Balaban J connectivity index is 1.50. The molecule has 170 valence electrons.